The lowest BCUT2D eigenvalue weighted by Gasteiger charge is -2.39. The van der Waals surface area contributed by atoms with E-state index in [0.717, 1.165) is 50.3 Å². The van der Waals surface area contributed by atoms with Crippen LogP contribution in [0.2, 0.25) is 0 Å². The highest BCUT2D eigenvalue weighted by Crippen LogP contribution is 2.42. The fourth-order valence-corrected chi connectivity index (χ4v) is 12.5. The molecule has 11 rings (SSSR count). The van der Waals surface area contributed by atoms with Crippen molar-refractivity contribution in [2.24, 2.45) is 5.73 Å². The molecular weight excluding hydrogens is 1200 g/mol. The highest BCUT2D eigenvalue weighted by Gasteiger charge is 2.46. The van der Waals surface area contributed by atoms with Gasteiger partial charge in [-0.05, 0) is 86.4 Å². The Kier molecular flexibility index (Phi) is 23.8. The quantitative estimate of drug-likeness (QED) is 0.0219. The van der Waals surface area contributed by atoms with Crippen LogP contribution in [0, 0.1) is 5.82 Å². The molecule has 3 saturated heterocycles. The first-order valence-electron chi connectivity index (χ1n) is 32.3. The maximum Gasteiger partial charge on any atom is 0.340 e. The highest BCUT2D eigenvalue weighted by molar-refractivity contribution is 6.01. The zero-order chi connectivity index (χ0) is 65.1. The van der Waals surface area contributed by atoms with Crippen molar-refractivity contribution in [2.75, 3.05) is 142 Å². The van der Waals surface area contributed by atoms with Crippen LogP contribution in [0.15, 0.2) is 67.0 Å². The Morgan fingerprint density at radius 2 is 1.35 bits per heavy atom. The summed E-state index contributed by atoms with van der Waals surface area (Å²) in [4.78, 5) is 105. The number of rotatable bonds is 33. The lowest BCUT2D eigenvalue weighted by atomic mass is 9.88. The average molecular weight is 1290 g/mol. The lowest BCUT2D eigenvalue weighted by molar-refractivity contribution is -0.143. The smallest absolute Gasteiger partial charge is 0.340 e. The fraction of sp³-hybridized carbons (Fsp3) is 0.523. The summed E-state index contributed by atoms with van der Waals surface area (Å²) in [5.41, 5.74) is 10.4. The summed E-state index contributed by atoms with van der Waals surface area (Å²) in [6.45, 7) is 8.38. The Bertz CT molecular complexity index is 3580. The fourth-order valence-electron chi connectivity index (χ4n) is 12.5. The van der Waals surface area contributed by atoms with Crippen molar-refractivity contribution >= 4 is 80.5 Å². The van der Waals surface area contributed by atoms with Crippen LogP contribution in [0.1, 0.15) is 105 Å². The topological polar surface area (TPSA) is 317 Å². The third-order valence-corrected chi connectivity index (χ3v) is 17.4. The normalized spacial score (nSPS) is 17.1. The van der Waals surface area contributed by atoms with Crippen molar-refractivity contribution in [3.05, 3.63) is 89.8 Å². The standard InChI is InChI=1S/C65H83FN14O13/c1-2-93-60(86)42-70-56(82)41-69-57(83)43-78-52-8-6-7-49-50-38-53-47(37-51(50)66)39-72-79(53)80(25-17-46(18-26-80)62(75-78)61(49)52)59(85)14-13-55(81)68-20-28-89-30-32-91-34-36-92-35-33-90-31-29-88-27-19-58(84)77-23-15-45(16-24-77)44-9-11-48(12-10-44)73-65-63(64(67)87)71-40-54(74-65)76-21-4-3-5-22-76/h6-12,37-40,45-46H,2-5,13-36,41-43H2,1H3,(H5-,67,68,69,70,73,74,81,82,83,87)/p+1. The number of quaternary nitrogens is 1. The second-order valence-corrected chi connectivity index (χ2v) is 23.5. The molecule has 6 aromatic rings. The van der Waals surface area contributed by atoms with E-state index in [1.165, 1.54) is 18.1 Å². The predicted octanol–water partition coefficient (Wildman–Crippen LogP) is 4.24. The van der Waals surface area contributed by atoms with Crippen LogP contribution in [-0.4, -0.2) is 208 Å². The number of fused-ring (bicyclic) bond motifs is 2. The zero-order valence-electron chi connectivity index (χ0n) is 52.7. The minimum absolute atomic E-state index is 0.0609. The van der Waals surface area contributed by atoms with Gasteiger partial charge in [-0.25, -0.2) is 19.2 Å². The molecule has 27 nitrogen and oxygen atoms in total. The third kappa shape index (κ3) is 17.4. The molecule has 3 fully saturated rings. The molecule has 28 heteroatoms. The van der Waals surface area contributed by atoms with Gasteiger partial charge in [-0.15, -0.1) is 9.69 Å². The van der Waals surface area contributed by atoms with E-state index in [0.29, 0.717) is 150 Å². The molecule has 0 aliphatic carbocycles. The molecule has 6 N–H and O–H groups in total. The Morgan fingerprint density at radius 1 is 0.677 bits per heavy atom. The average Bonchev–Trinajstić information content (AvgIpc) is 1.60. The van der Waals surface area contributed by atoms with Crippen LogP contribution in [0.4, 0.5) is 21.7 Å². The van der Waals surface area contributed by atoms with Crippen molar-refractivity contribution in [3.63, 3.8) is 0 Å². The number of hydrogen-bond donors (Lipinski definition) is 5. The molecule has 8 heterocycles. The van der Waals surface area contributed by atoms with Gasteiger partial charge in [-0.3, -0.25) is 33.4 Å². The van der Waals surface area contributed by atoms with Crippen molar-refractivity contribution < 1.29 is 66.4 Å². The Morgan fingerprint density at radius 3 is 2.04 bits per heavy atom. The van der Waals surface area contributed by atoms with Gasteiger partial charge >= 0.3 is 11.9 Å². The Labute approximate surface area is 538 Å². The number of nitrogens with zero attached hydrogens (tertiary/aromatic N) is 9. The van der Waals surface area contributed by atoms with E-state index in [2.05, 4.69) is 48.4 Å². The van der Waals surface area contributed by atoms with E-state index >= 15 is 4.39 Å². The highest BCUT2D eigenvalue weighted by atomic mass is 19.1. The molecule has 5 aliphatic heterocycles. The second-order valence-electron chi connectivity index (χ2n) is 23.5. The van der Waals surface area contributed by atoms with Crippen LogP contribution in [0.25, 0.3) is 32.9 Å². The van der Waals surface area contributed by atoms with Gasteiger partial charge in [-0.1, -0.05) is 29.1 Å². The molecule has 498 valence electrons. The van der Waals surface area contributed by atoms with Crippen LogP contribution in [0.5, 0.6) is 0 Å². The Hall–Kier alpha value is -8.54. The van der Waals surface area contributed by atoms with Crippen LogP contribution < -0.4 is 36.5 Å². The summed E-state index contributed by atoms with van der Waals surface area (Å²) in [5, 5.41) is 21.9. The molecule has 3 aromatic carbocycles. The molecule has 6 amide bonds. The van der Waals surface area contributed by atoms with Crippen molar-refractivity contribution in [3.8, 4) is 11.1 Å². The minimum atomic E-state index is -0.641. The number of aromatic nitrogens is 6. The maximum absolute atomic E-state index is 16.2. The first-order valence-corrected chi connectivity index (χ1v) is 32.3. The maximum atomic E-state index is 16.2. The first kappa shape index (κ1) is 67.4. The number of nitrogens with one attached hydrogen (secondary N) is 4. The van der Waals surface area contributed by atoms with Gasteiger partial charge in [0.25, 0.3) is 5.91 Å². The van der Waals surface area contributed by atoms with Crippen LogP contribution >= 0.6 is 0 Å². The van der Waals surface area contributed by atoms with E-state index in [1.54, 1.807) is 40.9 Å². The van der Waals surface area contributed by atoms with Crippen molar-refractivity contribution in [1.82, 2.24) is 55.1 Å². The minimum Gasteiger partial charge on any atom is -0.465 e. The number of amides is 6. The summed E-state index contributed by atoms with van der Waals surface area (Å²) in [5.74, 6) is -2.02. The number of primary amides is 1. The molecular formula is C65H84FN14O13+. The number of piperidine rings is 3. The monoisotopic (exact) mass is 1290 g/mol. The summed E-state index contributed by atoms with van der Waals surface area (Å²) in [7, 11) is 0. The summed E-state index contributed by atoms with van der Waals surface area (Å²) in [6.07, 6.45) is 9.44. The van der Waals surface area contributed by atoms with Gasteiger partial charge in [0.2, 0.25) is 23.6 Å². The van der Waals surface area contributed by atoms with E-state index in [-0.39, 0.29) is 91.7 Å². The number of likely N-dealkylation sites (tertiary alicyclic amines) is 1. The van der Waals surface area contributed by atoms with E-state index in [4.69, 9.17) is 44.2 Å². The van der Waals surface area contributed by atoms with Crippen LogP contribution in [0.3, 0.4) is 0 Å². The van der Waals surface area contributed by atoms with Gasteiger partial charge in [0, 0.05) is 79.9 Å². The van der Waals surface area contributed by atoms with Crippen molar-refractivity contribution in [1.29, 1.82) is 0 Å². The van der Waals surface area contributed by atoms with E-state index < -0.39 is 29.5 Å². The number of benzene rings is 3. The van der Waals surface area contributed by atoms with Gasteiger partial charge in [0.15, 0.2) is 11.5 Å². The first-order chi connectivity index (χ1) is 45.3. The SMILES string of the molecule is CCOC(=O)CNC(=O)CNC(=O)Cn1nc2c3c(cccc31)-c1cc3c(cnn3[N+]3(C(=O)CCC(=O)NCCOCCOCCOCCOCCOCCC(=O)N4CCC(c5ccc(Nc6nc(N7CCCCC7)cnc6C(N)=O)cc5)CC4)CCC2CC3)cc1F. The van der Waals surface area contributed by atoms with Gasteiger partial charge in [0.05, 0.1) is 116 Å². The number of nitrogens with two attached hydrogens (primary N) is 1. The zero-order valence-corrected chi connectivity index (χ0v) is 52.7. The van der Waals surface area contributed by atoms with E-state index in [9.17, 15) is 33.6 Å². The summed E-state index contributed by atoms with van der Waals surface area (Å²) in [6, 6.07) is 16.6. The summed E-state index contributed by atoms with van der Waals surface area (Å²) >= 11 is 0. The molecule has 5 aliphatic rings. The van der Waals surface area contributed by atoms with Gasteiger partial charge in [0.1, 0.15) is 43.3 Å². The van der Waals surface area contributed by atoms with E-state index in [1.807, 2.05) is 29.2 Å². The number of anilines is 3. The molecule has 0 unspecified atom stereocenters. The van der Waals surface area contributed by atoms with Gasteiger partial charge < -0.3 is 65.2 Å². The third-order valence-electron chi connectivity index (χ3n) is 17.4. The molecule has 0 radical (unpaired) electrons. The number of halogens is 1. The molecule has 3 aromatic heterocycles. The number of esters is 1. The largest absolute Gasteiger partial charge is 0.465 e. The number of hydrogen-bond acceptors (Lipinski definition) is 19. The summed E-state index contributed by atoms with van der Waals surface area (Å²) < 4.78 is 50.6. The number of carbonyl (C=O) groups excluding carboxylic acids is 7. The molecule has 93 heavy (non-hydrogen) atoms. The van der Waals surface area contributed by atoms with Crippen molar-refractivity contribution in [2.45, 2.75) is 89.5 Å². The number of carbonyl (C=O) groups is 7. The van der Waals surface area contributed by atoms with Gasteiger partial charge in [-0.2, -0.15) is 5.10 Å². The predicted molar refractivity (Wildman–Crippen MR) is 341 cm³/mol. The molecule has 0 atom stereocenters. The lowest BCUT2D eigenvalue weighted by Crippen LogP contribution is -2.65. The van der Waals surface area contributed by atoms with Crippen LogP contribution in [-0.2, 0) is 63.7 Å². The Balaban J connectivity index is 0.557. The molecule has 0 saturated carbocycles. The molecule has 0 spiro atoms. The molecule has 4 bridgehead atoms. The second kappa shape index (κ2) is 32.8. The number of ether oxygens (including phenoxy) is 6.